The zero-order valence-electron chi connectivity index (χ0n) is 13.0. The van der Waals surface area contributed by atoms with Crippen molar-refractivity contribution >= 4 is 16.9 Å². The summed E-state index contributed by atoms with van der Waals surface area (Å²) < 4.78 is 5.58. The topological polar surface area (TPSA) is 36.9 Å². The van der Waals surface area contributed by atoms with Crippen molar-refractivity contribution < 1.29 is 4.74 Å². The Balaban J connectivity index is 1.58. The molecular weight excluding hydrogens is 270 g/mol. The van der Waals surface area contributed by atoms with Crippen LogP contribution in [0.5, 0.6) is 0 Å². The second-order valence-corrected chi connectivity index (χ2v) is 7.28. The first kappa shape index (κ1) is 16.1. The van der Waals surface area contributed by atoms with Gasteiger partial charge in [0.1, 0.15) is 0 Å². The van der Waals surface area contributed by atoms with E-state index in [1.54, 1.807) is 0 Å². The van der Waals surface area contributed by atoms with Crippen molar-refractivity contribution in [3.63, 3.8) is 0 Å². The molecule has 0 saturated heterocycles. The van der Waals surface area contributed by atoms with E-state index < -0.39 is 0 Å². The van der Waals surface area contributed by atoms with Gasteiger partial charge in [0.25, 0.3) is 0 Å². The number of thioether (sulfide) groups is 1. The van der Waals surface area contributed by atoms with Crippen LogP contribution in [0.1, 0.15) is 32.1 Å². The molecule has 1 spiro atoms. The molecule has 1 aliphatic carbocycles. The number of nitrogens with one attached hydrogen (secondary N) is 1. The molecule has 116 valence electrons. The maximum atomic E-state index is 5.58. The van der Waals surface area contributed by atoms with Gasteiger partial charge < -0.3 is 15.0 Å². The molecule has 4 nitrogen and oxygen atoms in total. The zero-order valence-corrected chi connectivity index (χ0v) is 13.8. The Kier molecular flexibility index (Phi) is 6.65. The van der Waals surface area contributed by atoms with Crippen LogP contribution in [-0.4, -0.2) is 62.8 Å². The number of ether oxygens (including phenoxy) is 1. The Morgan fingerprint density at radius 3 is 2.70 bits per heavy atom. The predicted octanol–water partition coefficient (Wildman–Crippen LogP) is 2.21. The number of amidine groups is 1. The molecule has 0 amide bonds. The quantitative estimate of drug-likeness (QED) is 0.763. The maximum Gasteiger partial charge on any atom is 0.156 e. The molecule has 2 aliphatic rings. The molecule has 1 N–H and O–H groups in total. The van der Waals surface area contributed by atoms with Gasteiger partial charge in [-0.3, -0.25) is 4.99 Å². The highest BCUT2D eigenvalue weighted by atomic mass is 32.2. The summed E-state index contributed by atoms with van der Waals surface area (Å²) in [7, 11) is 4.13. The third-order valence-electron chi connectivity index (χ3n) is 4.19. The van der Waals surface area contributed by atoms with Crippen LogP contribution in [0, 0.1) is 5.41 Å². The molecule has 0 aromatic rings. The fourth-order valence-electron chi connectivity index (χ4n) is 2.84. The Morgan fingerprint density at radius 2 is 2.05 bits per heavy atom. The van der Waals surface area contributed by atoms with Crippen molar-refractivity contribution in [2.45, 2.75) is 32.1 Å². The first-order valence-electron chi connectivity index (χ1n) is 7.84. The van der Waals surface area contributed by atoms with Gasteiger partial charge in [-0.2, -0.15) is 0 Å². The van der Waals surface area contributed by atoms with Crippen molar-refractivity contribution in [3.8, 4) is 0 Å². The van der Waals surface area contributed by atoms with Crippen LogP contribution >= 0.6 is 11.8 Å². The van der Waals surface area contributed by atoms with Gasteiger partial charge in [-0.1, -0.05) is 31.0 Å². The number of aliphatic imine (C=N–C) groups is 1. The third-order valence-corrected chi connectivity index (χ3v) is 5.50. The summed E-state index contributed by atoms with van der Waals surface area (Å²) in [5, 5.41) is 4.53. The van der Waals surface area contributed by atoms with Gasteiger partial charge in [0.05, 0.1) is 13.2 Å². The lowest BCUT2D eigenvalue weighted by molar-refractivity contribution is 0.122. The second-order valence-electron chi connectivity index (χ2n) is 6.31. The smallest absolute Gasteiger partial charge is 0.156 e. The van der Waals surface area contributed by atoms with Crippen molar-refractivity contribution in [3.05, 3.63) is 0 Å². The molecule has 0 aromatic heterocycles. The third kappa shape index (κ3) is 5.26. The molecule has 0 atom stereocenters. The van der Waals surface area contributed by atoms with E-state index in [2.05, 4.69) is 24.3 Å². The van der Waals surface area contributed by atoms with E-state index in [1.807, 2.05) is 11.8 Å². The Morgan fingerprint density at radius 1 is 1.25 bits per heavy atom. The molecule has 1 aliphatic heterocycles. The van der Waals surface area contributed by atoms with Crippen LogP contribution < -0.4 is 5.32 Å². The first-order chi connectivity index (χ1) is 9.70. The fraction of sp³-hybridized carbons (Fsp3) is 0.933. The minimum atomic E-state index is 0.524. The van der Waals surface area contributed by atoms with Gasteiger partial charge in [-0.25, -0.2) is 0 Å². The monoisotopic (exact) mass is 299 g/mol. The van der Waals surface area contributed by atoms with Crippen molar-refractivity contribution in [1.29, 1.82) is 0 Å². The zero-order chi connectivity index (χ0) is 14.3. The van der Waals surface area contributed by atoms with Gasteiger partial charge in [-0.15, -0.1) is 0 Å². The summed E-state index contributed by atoms with van der Waals surface area (Å²) in [5.74, 6) is 1.25. The normalized spacial score (nSPS) is 22.1. The fourth-order valence-corrected chi connectivity index (χ4v) is 4.03. The molecule has 5 heteroatoms. The van der Waals surface area contributed by atoms with Gasteiger partial charge in [0.2, 0.25) is 0 Å². The van der Waals surface area contributed by atoms with E-state index in [9.17, 15) is 0 Å². The van der Waals surface area contributed by atoms with Crippen LogP contribution in [0.4, 0.5) is 0 Å². The van der Waals surface area contributed by atoms with Gasteiger partial charge in [0.15, 0.2) is 5.17 Å². The molecule has 1 fully saturated rings. The summed E-state index contributed by atoms with van der Waals surface area (Å²) in [6.45, 7) is 4.45. The van der Waals surface area contributed by atoms with Crippen molar-refractivity contribution in [1.82, 2.24) is 10.2 Å². The van der Waals surface area contributed by atoms with Crippen molar-refractivity contribution in [2.75, 3.05) is 52.7 Å². The average molecular weight is 299 g/mol. The molecule has 0 radical (unpaired) electrons. The molecule has 2 rings (SSSR count). The van der Waals surface area contributed by atoms with E-state index in [0.29, 0.717) is 5.41 Å². The van der Waals surface area contributed by atoms with Crippen LogP contribution in [0.15, 0.2) is 4.99 Å². The summed E-state index contributed by atoms with van der Waals surface area (Å²) >= 11 is 1.91. The predicted molar refractivity (Wildman–Crippen MR) is 87.7 cm³/mol. The Hall–Kier alpha value is -0.260. The lowest BCUT2D eigenvalue weighted by Gasteiger charge is -2.38. The standard InChI is InChI=1S/C15H29N3OS/c1-18(2)9-11-19-10-8-16-14-17-12-15(13-20-14)6-4-3-5-7-15/h3-13H2,1-2H3,(H,16,17). The van der Waals surface area contributed by atoms with E-state index >= 15 is 0 Å². The van der Waals surface area contributed by atoms with Gasteiger partial charge in [-0.05, 0) is 32.4 Å². The first-order valence-corrected chi connectivity index (χ1v) is 8.82. The van der Waals surface area contributed by atoms with Crippen LogP contribution in [0.3, 0.4) is 0 Å². The lowest BCUT2D eigenvalue weighted by Crippen LogP contribution is -2.37. The lowest BCUT2D eigenvalue weighted by atomic mass is 9.75. The number of hydrogen-bond acceptors (Lipinski definition) is 5. The molecule has 0 unspecified atom stereocenters. The number of hydrogen-bond donors (Lipinski definition) is 1. The molecule has 0 aromatic carbocycles. The van der Waals surface area contributed by atoms with Crippen LogP contribution in [0.25, 0.3) is 0 Å². The molecular formula is C15H29N3OS. The highest BCUT2D eigenvalue weighted by Gasteiger charge is 2.34. The summed E-state index contributed by atoms with van der Waals surface area (Å²) in [6.07, 6.45) is 6.98. The van der Waals surface area contributed by atoms with E-state index in [-0.39, 0.29) is 0 Å². The molecule has 0 bridgehead atoms. The van der Waals surface area contributed by atoms with E-state index in [4.69, 9.17) is 9.73 Å². The van der Waals surface area contributed by atoms with E-state index in [0.717, 1.165) is 38.0 Å². The summed E-state index contributed by atoms with van der Waals surface area (Å²) in [6, 6.07) is 0. The minimum Gasteiger partial charge on any atom is -0.378 e. The van der Waals surface area contributed by atoms with Crippen LogP contribution in [0.2, 0.25) is 0 Å². The largest absolute Gasteiger partial charge is 0.378 e. The number of nitrogens with zero attached hydrogens (tertiary/aromatic N) is 2. The van der Waals surface area contributed by atoms with Crippen molar-refractivity contribution in [2.24, 2.45) is 10.4 Å². The molecule has 20 heavy (non-hydrogen) atoms. The second kappa shape index (κ2) is 8.25. The maximum absolute atomic E-state index is 5.58. The Labute approximate surface area is 127 Å². The highest BCUT2D eigenvalue weighted by molar-refractivity contribution is 8.13. The highest BCUT2D eigenvalue weighted by Crippen LogP contribution is 2.41. The number of likely N-dealkylation sites (N-methyl/N-ethyl adjacent to an activating group) is 1. The molecule has 1 heterocycles. The van der Waals surface area contributed by atoms with Crippen LogP contribution in [-0.2, 0) is 4.74 Å². The minimum absolute atomic E-state index is 0.524. The number of rotatable bonds is 6. The van der Waals surface area contributed by atoms with Gasteiger partial charge in [0, 0.05) is 25.4 Å². The Bertz CT molecular complexity index is 314. The van der Waals surface area contributed by atoms with Gasteiger partial charge >= 0.3 is 0 Å². The van der Waals surface area contributed by atoms with E-state index in [1.165, 1.54) is 37.9 Å². The SMILES string of the molecule is CN(C)CCOCCNC1=NCC2(CCCCC2)CS1. The summed E-state index contributed by atoms with van der Waals surface area (Å²) in [4.78, 5) is 6.89. The summed E-state index contributed by atoms with van der Waals surface area (Å²) in [5.41, 5.74) is 0.524. The molecule has 1 saturated carbocycles. The average Bonchev–Trinajstić information content (AvgIpc) is 2.45.